The smallest absolute Gasteiger partial charge is 0.224 e. The Hall–Kier alpha value is -1.94. The largest absolute Gasteiger partial charge is 0.348 e. The molecule has 0 saturated carbocycles. The quantitative estimate of drug-likeness (QED) is 0.885. The number of aryl methyl sites for hydroxylation is 2. The summed E-state index contributed by atoms with van der Waals surface area (Å²) in [4.78, 5) is 12.4. The second kappa shape index (κ2) is 8.06. The van der Waals surface area contributed by atoms with E-state index in [0.717, 1.165) is 22.3 Å². The highest BCUT2D eigenvalue weighted by molar-refractivity contribution is 7.84. The average molecular weight is 329 g/mol. The van der Waals surface area contributed by atoms with Gasteiger partial charge in [-0.3, -0.25) is 9.00 Å². The van der Waals surface area contributed by atoms with Crippen LogP contribution in [0.25, 0.3) is 0 Å². The van der Waals surface area contributed by atoms with Gasteiger partial charge in [0.2, 0.25) is 5.91 Å². The van der Waals surface area contributed by atoms with Crippen molar-refractivity contribution < 1.29 is 9.00 Å². The molecule has 0 fully saturated rings. The zero-order chi connectivity index (χ0) is 16.8. The van der Waals surface area contributed by atoms with Gasteiger partial charge in [0.25, 0.3) is 0 Å². The highest BCUT2D eigenvalue weighted by Crippen LogP contribution is 2.15. The minimum absolute atomic E-state index is 0.0435. The normalized spacial score (nSPS) is 13.3. The van der Waals surface area contributed by atoms with Crippen LogP contribution in [-0.2, 0) is 22.0 Å². The minimum Gasteiger partial charge on any atom is -0.348 e. The van der Waals surface area contributed by atoms with E-state index in [4.69, 9.17) is 0 Å². The van der Waals surface area contributed by atoms with Crippen LogP contribution in [0.1, 0.15) is 28.3 Å². The van der Waals surface area contributed by atoms with Gasteiger partial charge < -0.3 is 5.32 Å². The van der Waals surface area contributed by atoms with Crippen molar-refractivity contribution in [1.29, 1.82) is 0 Å². The molecule has 0 aromatic heterocycles. The van der Waals surface area contributed by atoms with Gasteiger partial charge in [0.1, 0.15) is 0 Å². The lowest BCUT2D eigenvalue weighted by atomic mass is 10.0. The van der Waals surface area contributed by atoms with Gasteiger partial charge >= 0.3 is 0 Å². The van der Waals surface area contributed by atoms with Gasteiger partial charge in [-0.2, -0.15) is 0 Å². The van der Waals surface area contributed by atoms with Crippen molar-refractivity contribution in [3.05, 3.63) is 70.8 Å². The van der Waals surface area contributed by atoms with Gasteiger partial charge in [-0.1, -0.05) is 54.1 Å². The third kappa shape index (κ3) is 5.32. The molecule has 0 aliphatic rings. The first-order valence-corrected chi connectivity index (χ1v) is 9.39. The van der Waals surface area contributed by atoms with E-state index >= 15 is 0 Å². The van der Waals surface area contributed by atoms with Crippen molar-refractivity contribution in [2.75, 3.05) is 12.0 Å². The monoisotopic (exact) mass is 329 g/mol. The lowest BCUT2D eigenvalue weighted by molar-refractivity contribution is -0.121. The Bertz CT molecular complexity index is 698. The third-order valence-corrected chi connectivity index (χ3v) is 4.60. The summed E-state index contributed by atoms with van der Waals surface area (Å²) in [5, 5.41) is 3.03. The number of rotatable bonds is 6. The fourth-order valence-corrected chi connectivity index (χ4v) is 3.30. The van der Waals surface area contributed by atoms with Crippen molar-refractivity contribution in [1.82, 2.24) is 5.32 Å². The predicted octanol–water partition coefficient (Wildman–Crippen LogP) is 3.08. The highest BCUT2D eigenvalue weighted by Gasteiger charge is 2.16. The summed E-state index contributed by atoms with van der Waals surface area (Å²) in [6, 6.07) is 15.6. The molecule has 4 heteroatoms. The summed E-state index contributed by atoms with van der Waals surface area (Å²) in [7, 11) is -0.982. The molecular formula is C19H23NO2S. The Kier molecular flexibility index (Phi) is 6.11. The van der Waals surface area contributed by atoms with Crippen molar-refractivity contribution in [2.45, 2.75) is 26.3 Å². The number of hydrogen-bond donors (Lipinski definition) is 1. The van der Waals surface area contributed by atoms with E-state index in [9.17, 15) is 9.00 Å². The lowest BCUT2D eigenvalue weighted by Gasteiger charge is -2.18. The van der Waals surface area contributed by atoms with Gasteiger partial charge in [0.05, 0.1) is 12.5 Å². The van der Waals surface area contributed by atoms with Crippen LogP contribution >= 0.6 is 0 Å². The third-order valence-electron chi connectivity index (χ3n) is 3.79. The maximum absolute atomic E-state index is 12.4. The Labute approximate surface area is 140 Å². The molecule has 0 aliphatic carbocycles. The summed E-state index contributed by atoms with van der Waals surface area (Å²) in [6.45, 7) is 4.03. The van der Waals surface area contributed by atoms with Gasteiger partial charge in [0, 0.05) is 22.8 Å². The summed E-state index contributed by atoms with van der Waals surface area (Å²) >= 11 is 0. The number of benzene rings is 2. The first kappa shape index (κ1) is 17.4. The predicted molar refractivity (Wildman–Crippen MR) is 95.9 cm³/mol. The summed E-state index contributed by atoms with van der Waals surface area (Å²) < 4.78 is 11.6. The Morgan fingerprint density at radius 2 is 1.83 bits per heavy atom. The van der Waals surface area contributed by atoms with E-state index in [1.807, 2.05) is 62.4 Å². The number of carbonyl (C=O) groups is 1. The SMILES string of the molecule is Cc1ccc(C)c(CC(=O)N[C@@H](C[S@@](C)=O)c2ccccc2)c1. The lowest BCUT2D eigenvalue weighted by Crippen LogP contribution is -2.33. The van der Waals surface area contributed by atoms with Gasteiger partial charge in [0.15, 0.2) is 0 Å². The van der Waals surface area contributed by atoms with Crippen LogP contribution in [0.3, 0.4) is 0 Å². The van der Waals surface area contributed by atoms with E-state index in [1.54, 1.807) is 6.26 Å². The number of amides is 1. The first-order valence-electron chi connectivity index (χ1n) is 7.66. The number of nitrogens with one attached hydrogen (secondary N) is 1. The first-order chi connectivity index (χ1) is 11.0. The van der Waals surface area contributed by atoms with Crippen LogP contribution in [0.2, 0.25) is 0 Å². The molecular weight excluding hydrogens is 306 g/mol. The van der Waals surface area contributed by atoms with E-state index in [2.05, 4.69) is 5.32 Å². The molecule has 0 unspecified atom stereocenters. The van der Waals surface area contributed by atoms with Gasteiger partial charge in [-0.25, -0.2) is 0 Å². The molecule has 0 bridgehead atoms. The molecule has 0 aliphatic heterocycles. The number of hydrogen-bond acceptors (Lipinski definition) is 2. The Balaban J connectivity index is 2.11. The van der Waals surface area contributed by atoms with E-state index < -0.39 is 10.8 Å². The standard InChI is InChI=1S/C19H23NO2S/c1-14-9-10-15(2)17(11-14)12-19(21)20-18(13-23(3)22)16-7-5-4-6-8-16/h4-11,18H,12-13H2,1-3H3,(H,20,21)/t18-,23+/m0/s1. The second-order valence-corrected chi connectivity index (χ2v) is 7.36. The maximum atomic E-state index is 12.4. The molecule has 122 valence electrons. The molecule has 1 N–H and O–H groups in total. The molecule has 2 atom stereocenters. The number of carbonyl (C=O) groups excluding carboxylic acids is 1. The summed E-state index contributed by atoms with van der Waals surface area (Å²) in [5.74, 6) is 0.376. The molecule has 2 aromatic carbocycles. The molecule has 0 radical (unpaired) electrons. The summed E-state index contributed by atoms with van der Waals surface area (Å²) in [5.41, 5.74) is 4.28. The van der Waals surface area contributed by atoms with E-state index in [-0.39, 0.29) is 11.9 Å². The minimum atomic E-state index is -0.982. The Morgan fingerprint density at radius 3 is 2.48 bits per heavy atom. The molecule has 0 saturated heterocycles. The molecule has 0 spiro atoms. The van der Waals surface area contributed by atoms with Crippen LogP contribution < -0.4 is 5.32 Å². The molecule has 23 heavy (non-hydrogen) atoms. The zero-order valence-corrected chi connectivity index (χ0v) is 14.7. The highest BCUT2D eigenvalue weighted by atomic mass is 32.2. The van der Waals surface area contributed by atoms with Crippen molar-refractivity contribution in [3.63, 3.8) is 0 Å². The fourth-order valence-electron chi connectivity index (χ4n) is 2.55. The molecule has 1 amide bonds. The van der Waals surface area contributed by atoms with Crippen molar-refractivity contribution in [3.8, 4) is 0 Å². The Morgan fingerprint density at radius 1 is 1.13 bits per heavy atom. The zero-order valence-electron chi connectivity index (χ0n) is 13.8. The van der Waals surface area contributed by atoms with Crippen molar-refractivity contribution in [2.24, 2.45) is 0 Å². The van der Waals surface area contributed by atoms with Gasteiger partial charge in [-0.15, -0.1) is 0 Å². The molecule has 2 aromatic rings. The topological polar surface area (TPSA) is 46.2 Å². The maximum Gasteiger partial charge on any atom is 0.224 e. The van der Waals surface area contributed by atoms with Crippen LogP contribution in [0.4, 0.5) is 0 Å². The van der Waals surface area contributed by atoms with Gasteiger partial charge in [-0.05, 0) is 30.5 Å². The second-order valence-electron chi connectivity index (χ2n) is 5.88. The average Bonchev–Trinajstić information content (AvgIpc) is 2.51. The fraction of sp³-hybridized carbons (Fsp3) is 0.316. The van der Waals surface area contributed by atoms with E-state index in [0.29, 0.717) is 12.2 Å². The van der Waals surface area contributed by atoms with Crippen LogP contribution in [0, 0.1) is 13.8 Å². The van der Waals surface area contributed by atoms with Crippen LogP contribution in [0.15, 0.2) is 48.5 Å². The van der Waals surface area contributed by atoms with Crippen LogP contribution in [0.5, 0.6) is 0 Å². The van der Waals surface area contributed by atoms with Crippen LogP contribution in [-0.4, -0.2) is 22.1 Å². The summed E-state index contributed by atoms with van der Waals surface area (Å²) in [6.07, 6.45) is 2.00. The molecule has 3 nitrogen and oxygen atoms in total. The van der Waals surface area contributed by atoms with Crippen molar-refractivity contribution >= 4 is 16.7 Å². The van der Waals surface area contributed by atoms with E-state index in [1.165, 1.54) is 0 Å². The molecule has 2 rings (SSSR count). The molecule has 0 heterocycles.